The van der Waals surface area contributed by atoms with Crippen molar-refractivity contribution < 1.29 is 79.4 Å². The highest BCUT2D eigenvalue weighted by molar-refractivity contribution is 7.66. The average molecular weight is 905 g/mol. The van der Waals surface area contributed by atoms with Crippen LogP contribution < -0.4 is 21.4 Å². The Balaban J connectivity index is 0.926. The quantitative estimate of drug-likeness (QED) is 0.0550. The molecule has 7 heterocycles. The standard InChI is InChI=1S/C30H36N9O18P3/c1-13-33-23-17(25(41)34-13)32-11-38(23)27-19(40)20(49-3)15(52-27)9-50-58(43,44)56-60(47,48)57-59(45,46)51-10-16-21-22(55-29(54-21)14-7-5-4-6-8-14)28(53-16)39-12-37(2)18-24(39)35-30(31)36-26(18)42/h4-8,11-12,15-16,19-22,27-29,40H,9-10H2,1-3H3,(H6-,31,33,34,35,36,41,42,43,44,45,46,47,48)/p+1/t15-,16-,19+,20?,21+,22?,27-,28-,29?/m1/s1. The molecule has 0 radical (unpaired) electrons. The van der Waals surface area contributed by atoms with Gasteiger partial charge in [0.15, 0.2) is 30.0 Å². The molecule has 5 aromatic rings. The second-order valence-corrected chi connectivity index (χ2v) is 18.3. The fourth-order valence-corrected chi connectivity index (χ4v) is 10.7. The van der Waals surface area contributed by atoms with Crippen LogP contribution in [-0.2, 0) is 62.1 Å². The summed E-state index contributed by atoms with van der Waals surface area (Å²) in [5, 5.41) is 11.0. The summed E-state index contributed by atoms with van der Waals surface area (Å²) in [6.07, 6.45) is -7.94. The van der Waals surface area contributed by atoms with Crippen LogP contribution in [0, 0.1) is 6.92 Å². The number of hydrogen-bond donors (Lipinski definition) is 7. The van der Waals surface area contributed by atoms with Gasteiger partial charge in [-0.25, -0.2) is 28.2 Å². The monoisotopic (exact) mass is 904 g/mol. The number of phosphoric acid groups is 3. The number of aromatic nitrogens is 8. The van der Waals surface area contributed by atoms with E-state index >= 15 is 0 Å². The van der Waals surface area contributed by atoms with Crippen molar-refractivity contribution >= 4 is 51.7 Å². The number of nitrogen functional groups attached to an aromatic ring is 1. The van der Waals surface area contributed by atoms with E-state index in [4.69, 9.17) is 38.5 Å². The zero-order valence-corrected chi connectivity index (χ0v) is 33.9. The number of imidazole rings is 2. The SMILES string of the molecule is COC1[C@@H](COP(=O)(O)OP(=O)(O)OP(=O)(O)OC[C@H]2O[C@@H]([n+]3cn(C)c4c(=O)[nH]c(N)nc43)C3OC(c4ccccc4)O[C@H]32)O[C@@H](n2cnc3c(=O)[nH]c(C)nc32)[C@H]1O. The summed E-state index contributed by atoms with van der Waals surface area (Å²) in [7, 11) is -14.4. The van der Waals surface area contributed by atoms with Gasteiger partial charge in [-0.15, -0.1) is 0 Å². The number of nitrogens with zero attached hydrogens (tertiary/aromatic N) is 6. The van der Waals surface area contributed by atoms with Crippen molar-refractivity contribution in [2.45, 2.75) is 62.3 Å². The maximum absolute atomic E-state index is 13.0. The van der Waals surface area contributed by atoms with Crippen molar-refractivity contribution in [3.8, 4) is 0 Å². The first-order valence-corrected chi connectivity index (χ1v) is 22.1. The average Bonchev–Trinajstić information content (AvgIpc) is 3.97. The predicted octanol–water partition coefficient (Wildman–Crippen LogP) is -0.406. The van der Waals surface area contributed by atoms with Crippen molar-refractivity contribution in [3.05, 3.63) is 75.1 Å². The molecule has 1 aromatic carbocycles. The van der Waals surface area contributed by atoms with E-state index < -0.39 is 103 Å². The van der Waals surface area contributed by atoms with E-state index in [0.29, 0.717) is 5.56 Å². The number of aryl methyl sites for hydroxylation is 2. The maximum atomic E-state index is 13.0. The summed E-state index contributed by atoms with van der Waals surface area (Å²) in [5.74, 6) is 0.0464. The van der Waals surface area contributed by atoms with E-state index in [1.807, 2.05) is 0 Å². The zero-order chi connectivity index (χ0) is 42.9. The fraction of sp³-hybridized carbons (Fsp3) is 0.467. The van der Waals surface area contributed by atoms with E-state index in [0.717, 1.165) is 0 Å². The first-order valence-electron chi connectivity index (χ1n) is 17.6. The summed E-state index contributed by atoms with van der Waals surface area (Å²) in [6.45, 7) is -0.236. The molecule has 3 fully saturated rings. The van der Waals surface area contributed by atoms with Gasteiger partial charge < -0.3 is 54.2 Å². The van der Waals surface area contributed by atoms with Crippen molar-refractivity contribution in [1.82, 2.24) is 34.1 Å². The molecule has 3 saturated heterocycles. The van der Waals surface area contributed by atoms with Gasteiger partial charge in [0.2, 0.25) is 11.7 Å². The van der Waals surface area contributed by atoms with Gasteiger partial charge in [0, 0.05) is 12.7 Å². The van der Waals surface area contributed by atoms with Crippen LogP contribution in [0.5, 0.6) is 0 Å². The minimum atomic E-state index is -5.95. The first kappa shape index (κ1) is 42.6. The van der Waals surface area contributed by atoms with Crippen molar-refractivity contribution in [3.63, 3.8) is 0 Å². The summed E-state index contributed by atoms with van der Waals surface area (Å²) in [5.41, 5.74) is 5.55. The maximum Gasteiger partial charge on any atom is 0.490 e. The van der Waals surface area contributed by atoms with Crippen LogP contribution in [-0.4, -0.2) is 111 Å². The highest BCUT2D eigenvalue weighted by Crippen LogP contribution is 2.68. The van der Waals surface area contributed by atoms with E-state index in [1.165, 1.54) is 40.4 Å². The smallest absolute Gasteiger partial charge is 0.386 e. The summed E-state index contributed by atoms with van der Waals surface area (Å²) in [6, 6.07) is 8.75. The number of phosphoric ester groups is 2. The lowest BCUT2D eigenvalue weighted by Crippen LogP contribution is -2.45. The lowest BCUT2D eigenvalue weighted by Gasteiger charge is -2.22. The van der Waals surface area contributed by atoms with Gasteiger partial charge in [-0.3, -0.25) is 32.8 Å². The highest BCUT2D eigenvalue weighted by atomic mass is 31.3. The zero-order valence-electron chi connectivity index (χ0n) is 31.3. The first-order chi connectivity index (χ1) is 28.3. The number of benzene rings is 1. The molecule has 12 atom stereocenters. The third-order valence-electron chi connectivity index (χ3n) is 9.61. The Morgan fingerprint density at radius 1 is 0.900 bits per heavy atom. The van der Waals surface area contributed by atoms with Crippen LogP contribution in [0.3, 0.4) is 0 Å². The molecule has 3 aliphatic heterocycles. The topological polar surface area (TPSA) is 359 Å². The van der Waals surface area contributed by atoms with Gasteiger partial charge in [-0.05, 0) is 6.92 Å². The number of ether oxygens (including phenoxy) is 5. The van der Waals surface area contributed by atoms with E-state index in [9.17, 15) is 43.1 Å². The molecule has 8 N–H and O–H groups in total. The van der Waals surface area contributed by atoms with Crippen molar-refractivity contribution in [2.75, 3.05) is 26.1 Å². The number of rotatable bonds is 14. The predicted molar refractivity (Wildman–Crippen MR) is 196 cm³/mol. The molecule has 60 heavy (non-hydrogen) atoms. The highest BCUT2D eigenvalue weighted by Gasteiger charge is 2.57. The molecule has 3 aliphatic rings. The molecule has 8 rings (SSSR count). The Morgan fingerprint density at radius 3 is 2.25 bits per heavy atom. The number of hydrogen-bond acceptors (Lipinski definition) is 19. The summed E-state index contributed by atoms with van der Waals surface area (Å²) < 4.78 is 90.8. The molecule has 0 amide bonds. The lowest BCUT2D eigenvalue weighted by molar-refractivity contribution is -0.746. The van der Waals surface area contributed by atoms with Crippen LogP contribution in [0.4, 0.5) is 5.95 Å². The molecular weight excluding hydrogens is 867 g/mol. The van der Waals surface area contributed by atoms with Crippen LogP contribution in [0.15, 0.2) is 52.6 Å². The van der Waals surface area contributed by atoms with Crippen LogP contribution in [0.1, 0.15) is 30.1 Å². The Kier molecular flexibility index (Phi) is 11.3. The summed E-state index contributed by atoms with van der Waals surface area (Å²) in [4.78, 5) is 73.4. The van der Waals surface area contributed by atoms with Crippen LogP contribution >= 0.6 is 23.5 Å². The van der Waals surface area contributed by atoms with Gasteiger partial charge in [-0.1, -0.05) is 35.3 Å². The van der Waals surface area contributed by atoms with Gasteiger partial charge in [0.1, 0.15) is 42.4 Å². The molecule has 0 aliphatic carbocycles. The lowest BCUT2D eigenvalue weighted by atomic mass is 10.1. The van der Waals surface area contributed by atoms with E-state index in [-0.39, 0.29) is 34.1 Å². The fourth-order valence-electron chi connectivity index (χ4n) is 7.17. The second-order valence-electron chi connectivity index (χ2n) is 13.7. The molecular formula is C30H37N9O18P3+. The molecule has 324 valence electrons. The molecule has 30 heteroatoms. The molecule has 0 spiro atoms. The van der Waals surface area contributed by atoms with Gasteiger partial charge in [0.05, 0.1) is 26.6 Å². The van der Waals surface area contributed by atoms with Crippen LogP contribution in [0.25, 0.3) is 22.3 Å². The molecule has 6 unspecified atom stereocenters. The summed E-state index contributed by atoms with van der Waals surface area (Å²) >= 11 is 0. The Labute approximate surface area is 335 Å². The molecule has 0 bridgehead atoms. The van der Waals surface area contributed by atoms with Gasteiger partial charge in [0.25, 0.3) is 17.1 Å². The minimum absolute atomic E-state index is 0.0472. The number of fused-ring (bicyclic) bond motifs is 3. The van der Waals surface area contributed by atoms with Crippen molar-refractivity contribution in [1.29, 1.82) is 0 Å². The third-order valence-corrected chi connectivity index (χ3v) is 13.9. The normalized spacial score (nSPS) is 29.8. The number of methoxy groups -OCH3 is 1. The van der Waals surface area contributed by atoms with E-state index in [1.54, 1.807) is 37.4 Å². The Morgan fingerprint density at radius 2 is 1.57 bits per heavy atom. The number of aliphatic hydroxyl groups is 1. The third kappa shape index (κ3) is 8.29. The number of nitrogens with two attached hydrogens (primary N) is 1. The van der Waals surface area contributed by atoms with Crippen LogP contribution in [0.2, 0.25) is 0 Å². The second kappa shape index (κ2) is 16.0. The number of nitrogens with one attached hydrogen (secondary N) is 2. The number of aromatic amines is 2. The largest absolute Gasteiger partial charge is 0.490 e. The van der Waals surface area contributed by atoms with E-state index in [2.05, 4.69) is 33.5 Å². The van der Waals surface area contributed by atoms with Gasteiger partial charge in [-0.2, -0.15) is 8.62 Å². The van der Waals surface area contributed by atoms with Gasteiger partial charge >= 0.3 is 29.1 Å². The number of aliphatic hydroxyl groups excluding tert-OH is 1. The number of H-pyrrole nitrogens is 2. The number of anilines is 1. The Bertz CT molecular complexity index is 2690. The molecule has 27 nitrogen and oxygen atoms in total. The molecule has 0 saturated carbocycles. The molecule has 4 aromatic heterocycles. The minimum Gasteiger partial charge on any atom is -0.386 e. The Hall–Kier alpha value is -4.11. The van der Waals surface area contributed by atoms with Crippen molar-refractivity contribution in [2.24, 2.45) is 7.05 Å².